The van der Waals surface area contributed by atoms with Gasteiger partial charge in [0, 0.05) is 6.04 Å². The zero-order valence-corrected chi connectivity index (χ0v) is 7.79. The Hall–Kier alpha value is -0.180. The van der Waals surface area contributed by atoms with Crippen molar-refractivity contribution in [3.63, 3.8) is 0 Å². The van der Waals surface area contributed by atoms with Crippen molar-refractivity contribution < 1.29 is 4.79 Å². The van der Waals surface area contributed by atoms with Crippen molar-refractivity contribution in [1.29, 1.82) is 0 Å². The van der Waals surface area contributed by atoms with Gasteiger partial charge in [-0.05, 0) is 27.0 Å². The van der Waals surface area contributed by atoms with Crippen LogP contribution in [0.4, 0.5) is 0 Å². The van der Waals surface area contributed by atoms with Crippen LogP contribution in [0, 0.1) is 0 Å². The molecule has 0 aromatic rings. The first-order chi connectivity index (χ1) is 4.57. The highest BCUT2D eigenvalue weighted by Crippen LogP contribution is 2.04. The molecular formula is C7H15NOS. The van der Waals surface area contributed by atoms with Crippen LogP contribution < -0.4 is 5.32 Å². The van der Waals surface area contributed by atoms with E-state index in [4.69, 9.17) is 0 Å². The zero-order valence-electron chi connectivity index (χ0n) is 6.97. The van der Waals surface area contributed by atoms with Gasteiger partial charge in [-0.3, -0.25) is 4.79 Å². The van der Waals surface area contributed by atoms with E-state index in [9.17, 15) is 4.79 Å². The van der Waals surface area contributed by atoms with Gasteiger partial charge in [-0.15, -0.1) is 0 Å². The molecule has 60 valence electrons. The van der Waals surface area contributed by atoms with Gasteiger partial charge in [0.2, 0.25) is 5.91 Å². The molecule has 0 aromatic carbocycles. The molecule has 0 rings (SSSR count). The molecule has 0 saturated heterocycles. The Kier molecular flexibility index (Phi) is 4.52. The van der Waals surface area contributed by atoms with E-state index >= 15 is 0 Å². The first-order valence-electron chi connectivity index (χ1n) is 3.41. The van der Waals surface area contributed by atoms with Crippen LogP contribution in [0.25, 0.3) is 0 Å². The van der Waals surface area contributed by atoms with E-state index in [2.05, 4.69) is 5.32 Å². The summed E-state index contributed by atoms with van der Waals surface area (Å²) in [4.78, 5) is 11.1. The van der Waals surface area contributed by atoms with E-state index in [-0.39, 0.29) is 17.2 Å². The smallest absolute Gasteiger partial charge is 0.233 e. The van der Waals surface area contributed by atoms with Gasteiger partial charge in [0.1, 0.15) is 0 Å². The second kappa shape index (κ2) is 4.61. The van der Waals surface area contributed by atoms with E-state index < -0.39 is 0 Å². The lowest BCUT2D eigenvalue weighted by atomic mass is 10.3. The molecule has 1 amide bonds. The Morgan fingerprint density at radius 3 is 2.20 bits per heavy atom. The predicted octanol–water partition coefficient (Wildman–Crippen LogP) is 1.26. The van der Waals surface area contributed by atoms with Crippen molar-refractivity contribution in [3.05, 3.63) is 0 Å². The maximum absolute atomic E-state index is 11.1. The molecular weight excluding hydrogens is 146 g/mol. The first-order valence-corrected chi connectivity index (χ1v) is 4.70. The molecule has 0 unspecified atom stereocenters. The summed E-state index contributed by atoms with van der Waals surface area (Å²) in [5.74, 6) is 0.127. The maximum Gasteiger partial charge on any atom is 0.233 e. The highest BCUT2D eigenvalue weighted by Gasteiger charge is 2.10. The highest BCUT2D eigenvalue weighted by atomic mass is 32.2. The molecule has 10 heavy (non-hydrogen) atoms. The zero-order chi connectivity index (χ0) is 8.15. The predicted molar refractivity (Wildman–Crippen MR) is 46.3 cm³/mol. The summed E-state index contributed by atoms with van der Waals surface area (Å²) >= 11 is 1.56. The van der Waals surface area contributed by atoms with Crippen molar-refractivity contribution in [2.24, 2.45) is 0 Å². The van der Waals surface area contributed by atoms with Crippen LogP contribution in [0.5, 0.6) is 0 Å². The monoisotopic (exact) mass is 161 g/mol. The molecule has 1 atom stereocenters. The van der Waals surface area contributed by atoms with Crippen molar-refractivity contribution in [3.8, 4) is 0 Å². The minimum atomic E-state index is 0.0717. The summed E-state index contributed by atoms with van der Waals surface area (Å²) in [5.41, 5.74) is 0. The van der Waals surface area contributed by atoms with Crippen molar-refractivity contribution in [2.75, 3.05) is 6.26 Å². The normalized spacial score (nSPS) is 13.3. The Balaban J connectivity index is 3.62. The van der Waals surface area contributed by atoms with Crippen molar-refractivity contribution >= 4 is 17.7 Å². The first kappa shape index (κ1) is 9.82. The molecule has 3 heteroatoms. The summed E-state index contributed by atoms with van der Waals surface area (Å²) in [6.45, 7) is 5.83. The second-order valence-electron chi connectivity index (χ2n) is 2.54. The van der Waals surface area contributed by atoms with Crippen LogP contribution in [0.3, 0.4) is 0 Å². The third kappa shape index (κ3) is 3.77. The van der Waals surface area contributed by atoms with Crippen LogP contribution in [0.1, 0.15) is 20.8 Å². The Morgan fingerprint density at radius 2 is 1.90 bits per heavy atom. The third-order valence-electron chi connectivity index (χ3n) is 1.15. The lowest BCUT2D eigenvalue weighted by Gasteiger charge is -2.11. The summed E-state index contributed by atoms with van der Waals surface area (Å²) in [7, 11) is 0. The van der Waals surface area contributed by atoms with E-state index in [1.165, 1.54) is 0 Å². The molecule has 0 heterocycles. The van der Waals surface area contributed by atoms with E-state index in [1.807, 2.05) is 27.0 Å². The van der Waals surface area contributed by atoms with E-state index in [0.717, 1.165) is 0 Å². The summed E-state index contributed by atoms with van der Waals surface area (Å²) in [6, 6.07) is 0.252. The minimum Gasteiger partial charge on any atom is -0.353 e. The molecule has 1 N–H and O–H groups in total. The van der Waals surface area contributed by atoms with Gasteiger partial charge in [-0.1, -0.05) is 0 Å². The number of carbonyl (C=O) groups is 1. The Labute approximate surface area is 66.8 Å². The Bertz CT molecular complexity index is 114. The third-order valence-corrected chi connectivity index (χ3v) is 2.07. The summed E-state index contributed by atoms with van der Waals surface area (Å²) < 4.78 is 0. The van der Waals surface area contributed by atoms with Crippen LogP contribution in [0.15, 0.2) is 0 Å². The number of hydrogen-bond donors (Lipinski definition) is 1. The number of nitrogens with one attached hydrogen (secondary N) is 1. The molecule has 2 nitrogen and oxygen atoms in total. The SMILES string of the molecule is CS[C@H](C)C(=O)NC(C)C. The second-order valence-corrected chi connectivity index (χ2v) is 3.72. The van der Waals surface area contributed by atoms with Gasteiger partial charge < -0.3 is 5.32 Å². The standard InChI is InChI=1S/C7H15NOS/c1-5(2)8-7(9)6(3)10-4/h5-6H,1-4H3,(H,8,9)/t6-/m1/s1. The molecule has 0 fully saturated rings. The van der Waals surface area contributed by atoms with Crippen LogP contribution in [0.2, 0.25) is 0 Å². The number of hydrogen-bond acceptors (Lipinski definition) is 2. The van der Waals surface area contributed by atoms with E-state index in [1.54, 1.807) is 11.8 Å². The minimum absolute atomic E-state index is 0.0717. The fourth-order valence-corrected chi connectivity index (χ4v) is 0.791. The van der Waals surface area contributed by atoms with Crippen LogP contribution in [-0.2, 0) is 4.79 Å². The molecule has 0 aliphatic heterocycles. The van der Waals surface area contributed by atoms with Crippen molar-refractivity contribution in [1.82, 2.24) is 5.32 Å². The highest BCUT2D eigenvalue weighted by molar-refractivity contribution is 7.99. The van der Waals surface area contributed by atoms with Crippen LogP contribution >= 0.6 is 11.8 Å². The molecule has 0 aliphatic rings. The van der Waals surface area contributed by atoms with E-state index in [0.29, 0.717) is 0 Å². The van der Waals surface area contributed by atoms with Crippen molar-refractivity contribution in [2.45, 2.75) is 32.1 Å². The average Bonchev–Trinajstić information content (AvgIpc) is 1.85. The fourth-order valence-electron chi connectivity index (χ4n) is 0.509. The fraction of sp³-hybridized carbons (Fsp3) is 0.857. The molecule has 0 spiro atoms. The van der Waals surface area contributed by atoms with Gasteiger partial charge in [-0.2, -0.15) is 11.8 Å². The number of rotatable bonds is 3. The summed E-state index contributed by atoms with van der Waals surface area (Å²) in [5, 5.41) is 2.91. The lowest BCUT2D eigenvalue weighted by molar-refractivity contribution is -0.120. The number of thioether (sulfide) groups is 1. The van der Waals surface area contributed by atoms with Gasteiger partial charge in [0.25, 0.3) is 0 Å². The average molecular weight is 161 g/mol. The number of carbonyl (C=O) groups excluding carboxylic acids is 1. The molecule has 0 radical (unpaired) electrons. The maximum atomic E-state index is 11.1. The molecule has 0 saturated carbocycles. The summed E-state index contributed by atoms with van der Waals surface area (Å²) in [6.07, 6.45) is 1.94. The van der Waals surface area contributed by atoms with Gasteiger partial charge >= 0.3 is 0 Å². The molecule has 0 bridgehead atoms. The molecule has 0 aromatic heterocycles. The largest absolute Gasteiger partial charge is 0.353 e. The van der Waals surface area contributed by atoms with Crippen LogP contribution in [-0.4, -0.2) is 23.5 Å². The number of amides is 1. The van der Waals surface area contributed by atoms with Gasteiger partial charge in [0.15, 0.2) is 0 Å². The quantitative estimate of drug-likeness (QED) is 0.675. The Morgan fingerprint density at radius 1 is 1.40 bits per heavy atom. The van der Waals surface area contributed by atoms with Gasteiger partial charge in [-0.25, -0.2) is 0 Å². The molecule has 0 aliphatic carbocycles. The topological polar surface area (TPSA) is 29.1 Å². The van der Waals surface area contributed by atoms with Gasteiger partial charge in [0.05, 0.1) is 5.25 Å². The lowest BCUT2D eigenvalue weighted by Crippen LogP contribution is -2.35.